The Kier molecular flexibility index (Phi) is 7.21. The summed E-state index contributed by atoms with van der Waals surface area (Å²) in [4.78, 5) is 10.9. The van der Waals surface area contributed by atoms with Crippen molar-refractivity contribution in [2.75, 3.05) is 6.54 Å². The van der Waals surface area contributed by atoms with E-state index >= 15 is 0 Å². The van der Waals surface area contributed by atoms with Crippen LogP contribution in [-0.4, -0.2) is 29.1 Å². The Balaban J connectivity index is 1.74. The highest BCUT2D eigenvalue weighted by atomic mass is 19.4. The fourth-order valence-corrected chi connectivity index (χ4v) is 2.90. The Morgan fingerprint density at radius 1 is 1.00 bits per heavy atom. The Labute approximate surface area is 173 Å². The average Bonchev–Trinajstić information content (AvgIpc) is 3.35. The zero-order valence-electron chi connectivity index (χ0n) is 16.6. The summed E-state index contributed by atoms with van der Waals surface area (Å²) in [7, 11) is 0. The molecule has 0 spiro atoms. The van der Waals surface area contributed by atoms with Gasteiger partial charge in [-0.3, -0.25) is 4.99 Å². The van der Waals surface area contributed by atoms with Crippen LogP contribution in [0.4, 0.5) is 13.2 Å². The molecule has 2 N–H and O–H groups in total. The van der Waals surface area contributed by atoms with E-state index in [4.69, 9.17) is 4.74 Å². The van der Waals surface area contributed by atoms with E-state index in [0.717, 1.165) is 30.8 Å². The number of hydrogen-bond donors (Lipinski definition) is 2. The summed E-state index contributed by atoms with van der Waals surface area (Å²) in [6, 6.07) is 10.9. The zero-order valence-corrected chi connectivity index (χ0v) is 16.6. The minimum absolute atomic E-state index is 0.301. The summed E-state index contributed by atoms with van der Waals surface area (Å²) in [6.07, 6.45) is 3.34. The van der Waals surface area contributed by atoms with Crippen LogP contribution in [0.15, 0.2) is 53.7 Å². The lowest BCUT2D eigenvalue weighted by molar-refractivity contribution is -0.274. The molecule has 0 fully saturated rings. The third-order valence-electron chi connectivity index (χ3n) is 4.34. The molecule has 0 unspecified atom stereocenters. The van der Waals surface area contributed by atoms with Crippen LogP contribution in [0.5, 0.6) is 17.2 Å². The zero-order chi connectivity index (χ0) is 21.4. The lowest BCUT2D eigenvalue weighted by Gasteiger charge is -2.09. The number of alkyl halides is 3. The third kappa shape index (κ3) is 6.43. The fraction of sp³-hybridized carbons (Fsp3) is 0.318. The van der Waals surface area contributed by atoms with E-state index in [-0.39, 0.29) is 5.75 Å². The van der Waals surface area contributed by atoms with E-state index in [9.17, 15) is 13.2 Å². The molecule has 0 aliphatic heterocycles. The van der Waals surface area contributed by atoms with Gasteiger partial charge in [0.2, 0.25) is 0 Å². The summed E-state index contributed by atoms with van der Waals surface area (Å²) in [5.74, 6) is 0.616. The topological polar surface area (TPSA) is 62.4 Å². The second kappa shape index (κ2) is 10.0. The first kappa shape index (κ1) is 21.5. The predicted molar refractivity (Wildman–Crippen MR) is 110 cm³/mol. The number of halogens is 3. The Bertz CT molecular complexity index is 930. The van der Waals surface area contributed by atoms with Crippen molar-refractivity contribution in [3.63, 3.8) is 0 Å². The maximum absolute atomic E-state index is 12.3. The molecule has 3 rings (SSSR count). The summed E-state index contributed by atoms with van der Waals surface area (Å²) < 4.78 is 46.7. The van der Waals surface area contributed by atoms with E-state index in [2.05, 4.69) is 26.6 Å². The average molecular weight is 419 g/mol. The molecule has 0 amide bonds. The number of benzene rings is 1. The van der Waals surface area contributed by atoms with Gasteiger partial charge in [-0.25, -0.2) is 0 Å². The smallest absolute Gasteiger partial charge is 0.455 e. The summed E-state index contributed by atoms with van der Waals surface area (Å²) in [5.41, 5.74) is 2.39. The molecule has 3 aromatic rings. The highest BCUT2D eigenvalue weighted by Gasteiger charge is 2.31. The van der Waals surface area contributed by atoms with Crippen LogP contribution in [0.3, 0.4) is 0 Å². The number of H-pyrrole nitrogens is 2. The van der Waals surface area contributed by atoms with Crippen molar-refractivity contribution in [2.24, 2.45) is 4.99 Å². The lowest BCUT2D eigenvalue weighted by Crippen LogP contribution is -2.16. The van der Waals surface area contributed by atoms with Crippen molar-refractivity contribution in [3.05, 3.63) is 54.4 Å². The molecule has 0 saturated carbocycles. The SMILES string of the molecule is CCCCCCN=Cc1[nH]c(-c2ccc[nH]2)cc1Oc1ccc(OC(F)(F)F)cc1. The number of rotatable bonds is 10. The molecule has 0 aliphatic rings. The molecule has 5 nitrogen and oxygen atoms in total. The van der Waals surface area contributed by atoms with Gasteiger partial charge in [0.05, 0.1) is 11.4 Å². The molecule has 1 aromatic carbocycles. The summed E-state index contributed by atoms with van der Waals surface area (Å²) in [5, 5.41) is 0. The Hall–Kier alpha value is -3.16. The van der Waals surface area contributed by atoms with E-state index in [1.807, 2.05) is 24.4 Å². The number of aliphatic imine (C=N–C) groups is 1. The monoisotopic (exact) mass is 419 g/mol. The number of ether oxygens (including phenoxy) is 2. The summed E-state index contributed by atoms with van der Waals surface area (Å²) in [6.45, 7) is 2.88. The van der Waals surface area contributed by atoms with Gasteiger partial charge in [-0.15, -0.1) is 13.2 Å². The second-order valence-electron chi connectivity index (χ2n) is 6.76. The molecule has 8 heteroatoms. The van der Waals surface area contributed by atoms with Crippen LogP contribution in [0.1, 0.15) is 38.3 Å². The van der Waals surface area contributed by atoms with Gasteiger partial charge >= 0.3 is 6.36 Å². The van der Waals surface area contributed by atoms with E-state index < -0.39 is 6.36 Å². The van der Waals surface area contributed by atoms with Crippen molar-refractivity contribution < 1.29 is 22.6 Å². The van der Waals surface area contributed by atoms with Crippen LogP contribution < -0.4 is 9.47 Å². The van der Waals surface area contributed by atoms with E-state index in [1.54, 1.807) is 6.21 Å². The number of aromatic amines is 2. The van der Waals surface area contributed by atoms with Gasteiger partial charge < -0.3 is 19.4 Å². The van der Waals surface area contributed by atoms with Crippen molar-refractivity contribution in [3.8, 4) is 28.6 Å². The first-order valence-electron chi connectivity index (χ1n) is 9.85. The van der Waals surface area contributed by atoms with Crippen LogP contribution >= 0.6 is 0 Å². The van der Waals surface area contributed by atoms with Crippen LogP contribution in [-0.2, 0) is 0 Å². The number of unbranched alkanes of at least 4 members (excludes halogenated alkanes) is 3. The first-order valence-corrected chi connectivity index (χ1v) is 9.85. The maximum Gasteiger partial charge on any atom is 0.573 e. The van der Waals surface area contributed by atoms with Crippen molar-refractivity contribution >= 4 is 6.21 Å². The molecule has 0 radical (unpaired) electrons. The quantitative estimate of drug-likeness (QED) is 0.284. The molecule has 0 bridgehead atoms. The van der Waals surface area contributed by atoms with E-state index in [0.29, 0.717) is 17.2 Å². The van der Waals surface area contributed by atoms with Crippen LogP contribution in [0.2, 0.25) is 0 Å². The molecular formula is C22H24F3N3O2. The van der Waals surface area contributed by atoms with Crippen molar-refractivity contribution in [1.82, 2.24) is 9.97 Å². The maximum atomic E-state index is 12.3. The minimum Gasteiger partial charge on any atom is -0.455 e. The molecule has 0 atom stereocenters. The van der Waals surface area contributed by atoms with E-state index in [1.165, 1.54) is 37.1 Å². The third-order valence-corrected chi connectivity index (χ3v) is 4.34. The molecular weight excluding hydrogens is 395 g/mol. The Morgan fingerprint density at radius 3 is 2.43 bits per heavy atom. The number of aromatic nitrogens is 2. The number of hydrogen-bond acceptors (Lipinski definition) is 3. The van der Waals surface area contributed by atoms with Gasteiger partial charge in [-0.2, -0.15) is 0 Å². The second-order valence-corrected chi connectivity index (χ2v) is 6.76. The molecule has 0 aliphatic carbocycles. The highest BCUT2D eigenvalue weighted by molar-refractivity contribution is 5.84. The fourth-order valence-electron chi connectivity index (χ4n) is 2.90. The van der Waals surface area contributed by atoms with Gasteiger partial charge in [-0.05, 0) is 42.8 Å². The molecule has 160 valence electrons. The standard InChI is InChI=1S/C22H24F3N3O2/c1-2-3-4-5-12-26-15-20-21(14-19(28-20)18-7-6-13-27-18)29-16-8-10-17(11-9-16)30-22(23,24)25/h6-11,13-15,27-28H,2-5,12H2,1H3. The molecule has 2 aromatic heterocycles. The highest BCUT2D eigenvalue weighted by Crippen LogP contribution is 2.31. The van der Waals surface area contributed by atoms with Gasteiger partial charge in [0.15, 0.2) is 5.75 Å². The Morgan fingerprint density at radius 2 is 1.77 bits per heavy atom. The predicted octanol–water partition coefficient (Wildman–Crippen LogP) is 6.70. The largest absolute Gasteiger partial charge is 0.573 e. The van der Waals surface area contributed by atoms with Crippen LogP contribution in [0, 0.1) is 0 Å². The molecule has 2 heterocycles. The van der Waals surface area contributed by atoms with Gasteiger partial charge in [-0.1, -0.05) is 26.2 Å². The molecule has 0 saturated heterocycles. The van der Waals surface area contributed by atoms with Gasteiger partial charge in [0.1, 0.15) is 17.2 Å². The number of nitrogens with one attached hydrogen (secondary N) is 2. The van der Waals surface area contributed by atoms with Crippen LogP contribution in [0.25, 0.3) is 11.4 Å². The normalized spacial score (nSPS) is 11.9. The lowest BCUT2D eigenvalue weighted by atomic mass is 10.2. The van der Waals surface area contributed by atoms with Crippen molar-refractivity contribution in [2.45, 2.75) is 39.0 Å². The minimum atomic E-state index is -4.73. The van der Waals surface area contributed by atoms with Gasteiger partial charge in [0.25, 0.3) is 0 Å². The molecule has 30 heavy (non-hydrogen) atoms. The first-order chi connectivity index (χ1) is 14.4. The van der Waals surface area contributed by atoms with Gasteiger partial charge in [0, 0.05) is 25.0 Å². The van der Waals surface area contributed by atoms with Crippen molar-refractivity contribution in [1.29, 1.82) is 0 Å². The summed E-state index contributed by atoms with van der Waals surface area (Å²) >= 11 is 0. The number of nitrogens with zero attached hydrogens (tertiary/aromatic N) is 1.